The SMILES string of the molecule is COC[C@H]1COc2c(ccnc2OCC(F)(F)F)-c2nnc(NS(=O)(=O)CCc3ncc(Cl)cn3)n21. The fourth-order valence-corrected chi connectivity index (χ4v) is 4.41. The van der Waals surface area contributed by atoms with Crippen LogP contribution in [0, 0.1) is 0 Å². The first-order valence-electron chi connectivity index (χ1n) is 10.3. The van der Waals surface area contributed by atoms with Gasteiger partial charge < -0.3 is 14.2 Å². The molecule has 0 aliphatic carbocycles. The van der Waals surface area contributed by atoms with Crippen LogP contribution >= 0.6 is 11.6 Å². The third kappa shape index (κ3) is 6.11. The van der Waals surface area contributed by atoms with Gasteiger partial charge >= 0.3 is 6.18 Å². The first-order valence-corrected chi connectivity index (χ1v) is 12.3. The summed E-state index contributed by atoms with van der Waals surface area (Å²) in [7, 11) is -2.51. The summed E-state index contributed by atoms with van der Waals surface area (Å²) in [6.07, 6.45) is -0.643. The van der Waals surface area contributed by atoms with Gasteiger partial charge in [-0.1, -0.05) is 11.6 Å². The van der Waals surface area contributed by atoms with E-state index in [4.69, 9.17) is 25.8 Å². The normalized spacial score (nSPS) is 15.4. The minimum absolute atomic E-state index is 0.00646. The van der Waals surface area contributed by atoms with Crippen LogP contribution in [0.15, 0.2) is 24.7 Å². The average Bonchev–Trinajstić information content (AvgIpc) is 3.14. The van der Waals surface area contributed by atoms with Gasteiger partial charge in [-0.15, -0.1) is 10.2 Å². The number of pyridine rings is 1. The van der Waals surface area contributed by atoms with Crippen LogP contribution in [0.3, 0.4) is 0 Å². The number of rotatable bonds is 9. The highest BCUT2D eigenvalue weighted by atomic mass is 35.5. The molecule has 12 nitrogen and oxygen atoms in total. The fraction of sp³-hybridized carbons (Fsp3) is 0.421. The smallest absolute Gasteiger partial charge is 0.422 e. The summed E-state index contributed by atoms with van der Waals surface area (Å²) in [5, 5.41) is 8.34. The lowest BCUT2D eigenvalue weighted by Gasteiger charge is -2.19. The molecule has 4 heterocycles. The Morgan fingerprint density at radius 3 is 2.69 bits per heavy atom. The first kappa shape index (κ1) is 25.8. The molecule has 1 N–H and O–H groups in total. The summed E-state index contributed by atoms with van der Waals surface area (Å²) in [6, 6.07) is 0.807. The number of hydrogen-bond donors (Lipinski definition) is 1. The lowest BCUT2D eigenvalue weighted by molar-refractivity contribution is -0.154. The second-order valence-electron chi connectivity index (χ2n) is 7.52. The van der Waals surface area contributed by atoms with E-state index in [1.54, 1.807) is 0 Å². The van der Waals surface area contributed by atoms with E-state index in [1.165, 1.54) is 36.3 Å². The molecule has 1 atom stereocenters. The number of alkyl halides is 3. The highest BCUT2D eigenvalue weighted by molar-refractivity contribution is 7.92. The van der Waals surface area contributed by atoms with E-state index in [9.17, 15) is 21.6 Å². The van der Waals surface area contributed by atoms with Gasteiger partial charge in [0.2, 0.25) is 16.0 Å². The van der Waals surface area contributed by atoms with Crippen LogP contribution in [0.4, 0.5) is 19.1 Å². The van der Waals surface area contributed by atoms with Crippen molar-refractivity contribution in [2.45, 2.75) is 18.6 Å². The zero-order valence-corrected chi connectivity index (χ0v) is 20.1. The Bertz CT molecular complexity index is 1320. The Balaban J connectivity index is 1.63. The van der Waals surface area contributed by atoms with Gasteiger partial charge in [-0.3, -0.25) is 9.29 Å². The molecule has 0 saturated carbocycles. The predicted octanol–water partition coefficient (Wildman–Crippen LogP) is 2.29. The lowest BCUT2D eigenvalue weighted by atomic mass is 10.2. The molecule has 0 fully saturated rings. The summed E-state index contributed by atoms with van der Waals surface area (Å²) < 4.78 is 83.2. The average molecular weight is 550 g/mol. The van der Waals surface area contributed by atoms with Crippen molar-refractivity contribution in [1.82, 2.24) is 29.7 Å². The monoisotopic (exact) mass is 549 g/mol. The fourth-order valence-electron chi connectivity index (χ4n) is 3.34. The molecule has 1 aliphatic rings. The Morgan fingerprint density at radius 1 is 1.25 bits per heavy atom. The van der Waals surface area contributed by atoms with Gasteiger partial charge in [0.05, 0.1) is 29.0 Å². The third-order valence-electron chi connectivity index (χ3n) is 4.84. The van der Waals surface area contributed by atoms with Gasteiger partial charge in [0.15, 0.2) is 18.2 Å². The number of methoxy groups -OCH3 is 1. The molecule has 3 aromatic heterocycles. The van der Waals surface area contributed by atoms with Crippen molar-refractivity contribution >= 4 is 27.6 Å². The maximum absolute atomic E-state index is 12.8. The van der Waals surface area contributed by atoms with Gasteiger partial charge in [-0.05, 0) is 6.07 Å². The van der Waals surface area contributed by atoms with Crippen LogP contribution in [0.1, 0.15) is 11.9 Å². The van der Waals surface area contributed by atoms with Crippen molar-refractivity contribution in [2.75, 3.05) is 37.4 Å². The van der Waals surface area contributed by atoms with Gasteiger partial charge in [0, 0.05) is 32.1 Å². The molecular weight excluding hydrogens is 531 g/mol. The van der Waals surface area contributed by atoms with E-state index in [0.717, 1.165) is 0 Å². The van der Waals surface area contributed by atoms with Gasteiger partial charge in [-0.2, -0.15) is 13.2 Å². The molecule has 0 saturated heterocycles. The molecule has 36 heavy (non-hydrogen) atoms. The summed E-state index contributed by atoms with van der Waals surface area (Å²) in [4.78, 5) is 11.8. The number of aromatic nitrogens is 6. The van der Waals surface area contributed by atoms with Crippen LogP contribution in [-0.4, -0.2) is 77.0 Å². The molecular formula is C19H19ClF3N7O5S. The Labute approximate surface area is 207 Å². The van der Waals surface area contributed by atoms with Crippen molar-refractivity contribution in [3.05, 3.63) is 35.5 Å². The molecule has 17 heteroatoms. The second kappa shape index (κ2) is 10.4. The lowest BCUT2D eigenvalue weighted by Crippen LogP contribution is -2.26. The summed E-state index contributed by atoms with van der Waals surface area (Å²) in [5.74, 6) is -0.551. The summed E-state index contributed by atoms with van der Waals surface area (Å²) >= 11 is 5.74. The van der Waals surface area contributed by atoms with Crippen LogP contribution < -0.4 is 14.2 Å². The number of hydrogen-bond acceptors (Lipinski definition) is 10. The summed E-state index contributed by atoms with van der Waals surface area (Å²) in [6.45, 7) is -1.64. The Kier molecular flexibility index (Phi) is 7.46. The predicted molar refractivity (Wildman–Crippen MR) is 119 cm³/mol. The number of nitrogens with zero attached hydrogens (tertiary/aromatic N) is 6. The van der Waals surface area contributed by atoms with Gasteiger partial charge in [0.25, 0.3) is 5.88 Å². The Hall–Kier alpha value is -3.24. The van der Waals surface area contributed by atoms with E-state index in [-0.39, 0.29) is 60.2 Å². The van der Waals surface area contributed by atoms with E-state index in [2.05, 4.69) is 29.9 Å². The van der Waals surface area contributed by atoms with Crippen molar-refractivity contribution in [2.24, 2.45) is 0 Å². The zero-order valence-electron chi connectivity index (χ0n) is 18.6. The van der Waals surface area contributed by atoms with Crippen molar-refractivity contribution in [1.29, 1.82) is 0 Å². The maximum atomic E-state index is 12.8. The standard InChI is InChI=1S/C19H19ClF3N7O5S/c1-33-8-12-9-34-15-13(2-4-24-17(15)35-10-19(21,22)23)16-27-28-18(30(12)16)29-36(31,32)5-3-14-25-6-11(20)7-26-14/h2,4,6-7,12H,3,5,8-10H2,1H3,(H,28,29)/t12-/m0/s1. The number of nitrogens with one attached hydrogen (secondary N) is 1. The molecule has 0 unspecified atom stereocenters. The number of aryl methyl sites for hydroxylation is 1. The second-order valence-corrected chi connectivity index (χ2v) is 9.80. The molecule has 4 rings (SSSR count). The molecule has 0 radical (unpaired) electrons. The van der Waals surface area contributed by atoms with Crippen molar-refractivity contribution in [3.63, 3.8) is 0 Å². The molecule has 194 valence electrons. The molecule has 0 aromatic carbocycles. The van der Waals surface area contributed by atoms with Crippen LogP contribution in [0.5, 0.6) is 11.6 Å². The minimum atomic E-state index is -4.59. The number of fused-ring (bicyclic) bond motifs is 3. The van der Waals surface area contributed by atoms with Crippen LogP contribution in [0.2, 0.25) is 5.02 Å². The highest BCUT2D eigenvalue weighted by Gasteiger charge is 2.33. The molecule has 0 bridgehead atoms. The van der Waals surface area contributed by atoms with Crippen LogP contribution in [0.25, 0.3) is 11.4 Å². The van der Waals surface area contributed by atoms with E-state index >= 15 is 0 Å². The van der Waals surface area contributed by atoms with E-state index in [1.807, 2.05) is 0 Å². The number of ether oxygens (including phenoxy) is 3. The summed E-state index contributed by atoms with van der Waals surface area (Å²) in [5.41, 5.74) is 0.216. The van der Waals surface area contributed by atoms with Gasteiger partial charge in [-0.25, -0.2) is 23.4 Å². The zero-order chi connectivity index (χ0) is 25.9. The first-order chi connectivity index (χ1) is 17.1. The van der Waals surface area contributed by atoms with Crippen molar-refractivity contribution in [3.8, 4) is 23.0 Å². The Morgan fingerprint density at radius 2 is 2.00 bits per heavy atom. The molecule has 0 spiro atoms. The number of anilines is 1. The van der Waals surface area contributed by atoms with E-state index < -0.39 is 28.8 Å². The molecule has 3 aromatic rings. The third-order valence-corrected chi connectivity index (χ3v) is 6.27. The molecule has 1 aliphatic heterocycles. The van der Waals surface area contributed by atoms with Crippen LogP contribution in [-0.2, 0) is 21.2 Å². The largest absolute Gasteiger partial charge is 0.485 e. The topological polar surface area (TPSA) is 143 Å². The maximum Gasteiger partial charge on any atom is 0.422 e. The van der Waals surface area contributed by atoms with Crippen molar-refractivity contribution < 1.29 is 35.8 Å². The van der Waals surface area contributed by atoms with Gasteiger partial charge in [0.1, 0.15) is 12.4 Å². The number of sulfonamides is 1. The van der Waals surface area contributed by atoms with E-state index in [0.29, 0.717) is 5.02 Å². The number of halogens is 4. The molecule has 0 amide bonds. The quantitative estimate of drug-likeness (QED) is 0.422. The highest BCUT2D eigenvalue weighted by Crippen LogP contribution is 2.41. The minimum Gasteiger partial charge on any atom is -0.485 e.